The Hall–Kier alpha value is -4.69. The molecule has 0 aliphatic carbocycles. The molecule has 7 aromatic rings. The summed E-state index contributed by atoms with van der Waals surface area (Å²) in [5, 5.41) is 3.70. The number of benzene rings is 5. The Balaban J connectivity index is 1.41. The smallest absolute Gasteiger partial charge is 0.0709 e. The Morgan fingerprint density at radius 2 is 1.20 bits per heavy atom. The number of hydrogen-bond donors (Lipinski definition) is 0. The van der Waals surface area contributed by atoms with E-state index < -0.39 is 0 Å². The number of nitrogens with zero attached hydrogens (tertiary/aromatic N) is 2. The molecule has 2 aromatic heterocycles. The van der Waals surface area contributed by atoms with Crippen LogP contribution in [0.25, 0.3) is 60.8 Å². The average molecular weight is 447 g/mol. The molecule has 0 radical (unpaired) electrons. The lowest BCUT2D eigenvalue weighted by atomic mass is 9.99. The molecule has 0 bridgehead atoms. The van der Waals surface area contributed by atoms with Gasteiger partial charge in [0.05, 0.1) is 22.2 Å². The second-order valence-electron chi connectivity index (χ2n) is 8.86. The van der Waals surface area contributed by atoms with E-state index in [9.17, 15) is 0 Å². The molecule has 0 unspecified atom stereocenters. The highest BCUT2D eigenvalue weighted by atomic mass is 15.0. The summed E-state index contributed by atoms with van der Waals surface area (Å²) in [4.78, 5) is 4.88. The van der Waals surface area contributed by atoms with Gasteiger partial charge in [0.1, 0.15) is 0 Å². The van der Waals surface area contributed by atoms with Crippen LogP contribution >= 0.6 is 0 Å². The fourth-order valence-electron chi connectivity index (χ4n) is 5.14. The van der Waals surface area contributed by atoms with Crippen LogP contribution in [-0.4, -0.2) is 9.55 Å². The van der Waals surface area contributed by atoms with E-state index >= 15 is 0 Å². The predicted octanol–water partition coefficient (Wildman–Crippen LogP) is 8.67. The van der Waals surface area contributed by atoms with E-state index in [2.05, 4.69) is 126 Å². The van der Waals surface area contributed by atoms with Crippen molar-refractivity contribution in [1.29, 1.82) is 0 Å². The molecule has 0 aliphatic rings. The minimum Gasteiger partial charge on any atom is -0.309 e. The number of rotatable bonds is 3. The molecule has 0 atom stereocenters. The standard InChI is InChI=1S/C33H22N2/c1-2-10-26(11-3-1)35-32-16-7-5-12-28(32)29-14-8-13-27(33(29)35)23-17-19-25(20-18-23)31-22-21-24-9-4-6-15-30(24)34-31/h1-22H. The zero-order chi connectivity index (χ0) is 23.2. The lowest BCUT2D eigenvalue weighted by Crippen LogP contribution is -1.95. The van der Waals surface area contributed by atoms with Crippen LogP contribution in [0, 0.1) is 0 Å². The summed E-state index contributed by atoms with van der Waals surface area (Å²) in [6.07, 6.45) is 0. The summed E-state index contributed by atoms with van der Waals surface area (Å²) in [6, 6.07) is 47.2. The molecule has 0 spiro atoms. The first kappa shape index (κ1) is 19.7. The normalized spacial score (nSPS) is 11.4. The summed E-state index contributed by atoms with van der Waals surface area (Å²) < 4.78 is 2.39. The molecule has 0 saturated heterocycles. The minimum atomic E-state index is 0.992. The Morgan fingerprint density at radius 1 is 0.486 bits per heavy atom. The maximum atomic E-state index is 4.88. The molecule has 7 rings (SSSR count). The third-order valence-corrected chi connectivity index (χ3v) is 6.80. The second-order valence-corrected chi connectivity index (χ2v) is 8.86. The first-order valence-corrected chi connectivity index (χ1v) is 11.9. The maximum Gasteiger partial charge on any atom is 0.0709 e. The molecule has 2 heteroatoms. The predicted molar refractivity (Wildman–Crippen MR) is 147 cm³/mol. The van der Waals surface area contributed by atoms with Crippen molar-refractivity contribution < 1.29 is 0 Å². The van der Waals surface area contributed by atoms with Gasteiger partial charge in [0.15, 0.2) is 0 Å². The van der Waals surface area contributed by atoms with E-state index in [1.807, 2.05) is 12.1 Å². The van der Waals surface area contributed by atoms with E-state index in [1.165, 1.54) is 38.6 Å². The van der Waals surface area contributed by atoms with E-state index in [0.717, 1.165) is 22.2 Å². The van der Waals surface area contributed by atoms with Crippen molar-refractivity contribution in [3.8, 4) is 28.1 Å². The quantitative estimate of drug-likeness (QED) is 0.265. The molecule has 0 N–H and O–H groups in total. The maximum absolute atomic E-state index is 4.88. The average Bonchev–Trinajstić information content (AvgIpc) is 3.28. The van der Waals surface area contributed by atoms with Crippen molar-refractivity contribution in [1.82, 2.24) is 9.55 Å². The first-order chi connectivity index (χ1) is 17.4. The van der Waals surface area contributed by atoms with Crippen LogP contribution in [0.5, 0.6) is 0 Å². The van der Waals surface area contributed by atoms with E-state index in [0.29, 0.717) is 0 Å². The van der Waals surface area contributed by atoms with Crippen LogP contribution in [0.3, 0.4) is 0 Å². The minimum absolute atomic E-state index is 0.992. The van der Waals surface area contributed by atoms with Gasteiger partial charge in [-0.25, -0.2) is 4.98 Å². The second kappa shape index (κ2) is 7.96. The van der Waals surface area contributed by atoms with Crippen LogP contribution in [0.1, 0.15) is 0 Å². The molecule has 2 heterocycles. The van der Waals surface area contributed by atoms with Crippen molar-refractivity contribution in [2.45, 2.75) is 0 Å². The van der Waals surface area contributed by atoms with Crippen molar-refractivity contribution >= 4 is 32.7 Å². The van der Waals surface area contributed by atoms with Gasteiger partial charge in [-0.05, 0) is 35.9 Å². The van der Waals surface area contributed by atoms with Crippen LogP contribution in [-0.2, 0) is 0 Å². The van der Waals surface area contributed by atoms with Gasteiger partial charge in [0.2, 0.25) is 0 Å². The van der Waals surface area contributed by atoms with Gasteiger partial charge in [0.25, 0.3) is 0 Å². The lowest BCUT2D eigenvalue weighted by Gasteiger charge is -2.12. The molecule has 35 heavy (non-hydrogen) atoms. The Kier molecular flexibility index (Phi) is 4.49. The molecule has 0 fully saturated rings. The lowest BCUT2D eigenvalue weighted by molar-refractivity contribution is 1.18. The summed E-state index contributed by atoms with van der Waals surface area (Å²) in [5.41, 5.74) is 9.17. The van der Waals surface area contributed by atoms with Gasteiger partial charge in [-0.3, -0.25) is 0 Å². The number of pyridine rings is 1. The number of hydrogen-bond acceptors (Lipinski definition) is 1. The fourth-order valence-corrected chi connectivity index (χ4v) is 5.14. The number of para-hydroxylation sites is 4. The van der Waals surface area contributed by atoms with Crippen molar-refractivity contribution in [2.24, 2.45) is 0 Å². The Morgan fingerprint density at radius 3 is 2.09 bits per heavy atom. The highest BCUT2D eigenvalue weighted by Crippen LogP contribution is 2.38. The zero-order valence-corrected chi connectivity index (χ0v) is 19.1. The van der Waals surface area contributed by atoms with Crippen molar-refractivity contribution in [2.75, 3.05) is 0 Å². The summed E-state index contributed by atoms with van der Waals surface area (Å²) in [5.74, 6) is 0. The Bertz CT molecular complexity index is 1830. The van der Waals surface area contributed by atoms with Gasteiger partial charge in [-0.2, -0.15) is 0 Å². The number of aromatic nitrogens is 2. The van der Waals surface area contributed by atoms with Crippen molar-refractivity contribution in [3.05, 3.63) is 133 Å². The summed E-state index contributed by atoms with van der Waals surface area (Å²) >= 11 is 0. The highest BCUT2D eigenvalue weighted by Gasteiger charge is 2.16. The van der Waals surface area contributed by atoms with Gasteiger partial charge in [0, 0.05) is 33.0 Å². The largest absolute Gasteiger partial charge is 0.309 e. The van der Waals surface area contributed by atoms with E-state index in [4.69, 9.17) is 4.98 Å². The highest BCUT2D eigenvalue weighted by molar-refractivity contribution is 6.13. The third-order valence-electron chi connectivity index (χ3n) is 6.80. The van der Waals surface area contributed by atoms with Gasteiger partial charge in [-0.1, -0.05) is 103 Å². The number of fused-ring (bicyclic) bond motifs is 4. The van der Waals surface area contributed by atoms with Gasteiger partial charge >= 0.3 is 0 Å². The van der Waals surface area contributed by atoms with Crippen LogP contribution in [0.2, 0.25) is 0 Å². The van der Waals surface area contributed by atoms with Crippen LogP contribution in [0.4, 0.5) is 0 Å². The monoisotopic (exact) mass is 446 g/mol. The first-order valence-electron chi connectivity index (χ1n) is 11.9. The molecular formula is C33H22N2. The van der Waals surface area contributed by atoms with E-state index in [1.54, 1.807) is 0 Å². The van der Waals surface area contributed by atoms with Gasteiger partial charge < -0.3 is 4.57 Å². The van der Waals surface area contributed by atoms with Crippen LogP contribution < -0.4 is 0 Å². The molecule has 5 aromatic carbocycles. The molecule has 164 valence electrons. The molecule has 0 amide bonds. The molecule has 0 aliphatic heterocycles. The zero-order valence-electron chi connectivity index (χ0n) is 19.1. The topological polar surface area (TPSA) is 17.8 Å². The van der Waals surface area contributed by atoms with Crippen LogP contribution in [0.15, 0.2) is 133 Å². The van der Waals surface area contributed by atoms with Gasteiger partial charge in [-0.15, -0.1) is 0 Å². The SMILES string of the molecule is c1ccc(-n2c3ccccc3c3cccc(-c4ccc(-c5ccc6ccccc6n5)cc4)c32)cc1. The van der Waals surface area contributed by atoms with E-state index in [-0.39, 0.29) is 0 Å². The molecule has 0 saturated carbocycles. The third kappa shape index (κ3) is 3.23. The Labute approximate surface area is 203 Å². The molecular weight excluding hydrogens is 424 g/mol. The summed E-state index contributed by atoms with van der Waals surface area (Å²) in [7, 11) is 0. The fraction of sp³-hybridized carbons (Fsp3) is 0. The molecule has 2 nitrogen and oxygen atoms in total. The van der Waals surface area contributed by atoms with Crippen molar-refractivity contribution in [3.63, 3.8) is 0 Å². The summed E-state index contributed by atoms with van der Waals surface area (Å²) in [6.45, 7) is 0.